The summed E-state index contributed by atoms with van der Waals surface area (Å²) in [5, 5.41) is 0. The zero-order chi connectivity index (χ0) is 6.69. The van der Waals surface area contributed by atoms with Crippen LogP contribution in [-0.2, 0) is 0 Å². The molecule has 0 atom stereocenters. The third-order valence-electron chi connectivity index (χ3n) is 2.08. The molecule has 1 aliphatic rings. The smallest absolute Gasteiger partial charge is 0.0700 e. The lowest BCUT2D eigenvalue weighted by molar-refractivity contribution is 0.241. The van der Waals surface area contributed by atoms with Crippen LogP contribution in [0.15, 0.2) is 0 Å². The molecule has 2 heteroatoms. The van der Waals surface area contributed by atoms with E-state index in [2.05, 4.69) is 11.8 Å². The van der Waals surface area contributed by atoms with Gasteiger partial charge in [-0.15, -0.1) is 0 Å². The molecule has 1 aliphatic heterocycles. The van der Waals surface area contributed by atoms with Gasteiger partial charge in [-0.1, -0.05) is 12.7 Å². The fourth-order valence-electron chi connectivity index (χ4n) is 1.27. The number of hydrogen-bond donors (Lipinski definition) is 0. The van der Waals surface area contributed by atoms with E-state index in [1.807, 2.05) is 0 Å². The van der Waals surface area contributed by atoms with Gasteiger partial charge in [0.05, 0.1) is 7.85 Å². The third kappa shape index (κ3) is 2.01. The van der Waals surface area contributed by atoms with E-state index in [1.54, 1.807) is 0 Å². The van der Waals surface area contributed by atoms with Gasteiger partial charge in [-0.2, -0.15) is 0 Å². The van der Waals surface area contributed by atoms with Gasteiger partial charge in [-0.05, 0) is 32.5 Å². The highest BCUT2D eigenvalue weighted by Crippen LogP contribution is 2.17. The Kier molecular flexibility index (Phi) is 2.58. The SMILES string of the molecule is [B]C1CCN(CC)CC1. The maximum atomic E-state index is 5.72. The second-order valence-corrected chi connectivity index (χ2v) is 2.77. The molecule has 0 aliphatic carbocycles. The van der Waals surface area contributed by atoms with Gasteiger partial charge in [0.25, 0.3) is 0 Å². The Morgan fingerprint density at radius 3 is 2.44 bits per heavy atom. The van der Waals surface area contributed by atoms with E-state index in [4.69, 9.17) is 7.85 Å². The number of rotatable bonds is 1. The maximum absolute atomic E-state index is 5.72. The summed E-state index contributed by atoms with van der Waals surface area (Å²) in [5.41, 5.74) is 0. The van der Waals surface area contributed by atoms with Crippen molar-refractivity contribution in [2.75, 3.05) is 19.6 Å². The second kappa shape index (κ2) is 3.26. The van der Waals surface area contributed by atoms with Crippen molar-refractivity contribution in [2.45, 2.75) is 25.6 Å². The predicted molar refractivity (Wildman–Crippen MR) is 40.9 cm³/mol. The fraction of sp³-hybridized carbons (Fsp3) is 1.00. The van der Waals surface area contributed by atoms with E-state index >= 15 is 0 Å². The zero-order valence-corrected chi connectivity index (χ0v) is 6.14. The molecule has 9 heavy (non-hydrogen) atoms. The van der Waals surface area contributed by atoms with Crippen LogP contribution >= 0.6 is 0 Å². The number of hydrogen-bond acceptors (Lipinski definition) is 1. The lowest BCUT2D eigenvalue weighted by Crippen LogP contribution is -2.31. The van der Waals surface area contributed by atoms with Crippen molar-refractivity contribution < 1.29 is 0 Å². The van der Waals surface area contributed by atoms with E-state index in [0.29, 0.717) is 5.82 Å². The summed E-state index contributed by atoms with van der Waals surface area (Å²) >= 11 is 0. The van der Waals surface area contributed by atoms with Gasteiger partial charge >= 0.3 is 0 Å². The minimum Gasteiger partial charge on any atom is -0.304 e. The first kappa shape index (κ1) is 7.14. The zero-order valence-electron chi connectivity index (χ0n) is 6.14. The first-order valence-electron chi connectivity index (χ1n) is 3.81. The Morgan fingerprint density at radius 2 is 2.00 bits per heavy atom. The molecule has 50 valence electrons. The average molecular weight is 123 g/mol. The Balaban J connectivity index is 2.18. The summed E-state index contributed by atoms with van der Waals surface area (Å²) in [6.07, 6.45) is 2.38. The average Bonchev–Trinajstić information content (AvgIpc) is 1.90. The summed E-state index contributed by atoms with van der Waals surface area (Å²) < 4.78 is 0. The molecule has 0 aromatic rings. The van der Waals surface area contributed by atoms with E-state index in [-0.39, 0.29) is 0 Å². The molecule has 0 amide bonds. The predicted octanol–water partition coefficient (Wildman–Crippen LogP) is 1.06. The molecular formula is C7H14BN. The first-order valence-corrected chi connectivity index (χ1v) is 3.81. The van der Waals surface area contributed by atoms with Crippen LogP contribution in [-0.4, -0.2) is 32.4 Å². The maximum Gasteiger partial charge on any atom is 0.0700 e. The topological polar surface area (TPSA) is 3.24 Å². The number of nitrogens with zero attached hydrogens (tertiary/aromatic N) is 1. The molecule has 0 saturated carbocycles. The molecule has 0 unspecified atom stereocenters. The third-order valence-corrected chi connectivity index (χ3v) is 2.08. The molecular weight excluding hydrogens is 109 g/mol. The first-order chi connectivity index (χ1) is 4.33. The molecule has 2 radical (unpaired) electrons. The summed E-state index contributed by atoms with van der Waals surface area (Å²) in [4.78, 5) is 2.45. The van der Waals surface area contributed by atoms with Crippen LogP contribution < -0.4 is 0 Å². The van der Waals surface area contributed by atoms with Gasteiger partial charge in [-0.3, -0.25) is 0 Å². The van der Waals surface area contributed by atoms with Crippen LogP contribution in [0.2, 0.25) is 5.82 Å². The van der Waals surface area contributed by atoms with E-state index < -0.39 is 0 Å². The highest BCUT2D eigenvalue weighted by Gasteiger charge is 2.12. The van der Waals surface area contributed by atoms with Crippen molar-refractivity contribution in [3.8, 4) is 0 Å². The lowest BCUT2D eigenvalue weighted by atomic mass is 9.79. The van der Waals surface area contributed by atoms with E-state index in [0.717, 1.165) is 0 Å². The molecule has 0 spiro atoms. The minimum atomic E-state index is 0.479. The van der Waals surface area contributed by atoms with Crippen LogP contribution in [0.25, 0.3) is 0 Å². The molecule has 0 aromatic heterocycles. The summed E-state index contributed by atoms with van der Waals surface area (Å²) in [7, 11) is 5.72. The van der Waals surface area contributed by atoms with Crippen molar-refractivity contribution >= 4 is 7.85 Å². The van der Waals surface area contributed by atoms with Crippen LogP contribution in [0.3, 0.4) is 0 Å². The van der Waals surface area contributed by atoms with Gasteiger partial charge in [0.1, 0.15) is 0 Å². The van der Waals surface area contributed by atoms with Crippen molar-refractivity contribution in [3.05, 3.63) is 0 Å². The monoisotopic (exact) mass is 123 g/mol. The van der Waals surface area contributed by atoms with Crippen LogP contribution in [0, 0.1) is 0 Å². The normalized spacial score (nSPS) is 24.6. The van der Waals surface area contributed by atoms with Crippen LogP contribution in [0.5, 0.6) is 0 Å². The van der Waals surface area contributed by atoms with Crippen LogP contribution in [0.4, 0.5) is 0 Å². The van der Waals surface area contributed by atoms with E-state index in [1.165, 1.54) is 32.5 Å². The van der Waals surface area contributed by atoms with Crippen molar-refractivity contribution in [1.82, 2.24) is 4.90 Å². The van der Waals surface area contributed by atoms with Crippen molar-refractivity contribution in [2.24, 2.45) is 0 Å². The van der Waals surface area contributed by atoms with Gasteiger partial charge in [0, 0.05) is 0 Å². The van der Waals surface area contributed by atoms with E-state index in [9.17, 15) is 0 Å². The molecule has 1 fully saturated rings. The number of likely N-dealkylation sites (tertiary alicyclic amines) is 1. The summed E-state index contributed by atoms with van der Waals surface area (Å²) in [6, 6.07) is 0. The summed E-state index contributed by atoms with van der Waals surface area (Å²) in [6.45, 7) is 5.80. The van der Waals surface area contributed by atoms with Crippen molar-refractivity contribution in [1.29, 1.82) is 0 Å². The van der Waals surface area contributed by atoms with Gasteiger partial charge in [0.15, 0.2) is 0 Å². The Labute approximate surface area is 58.8 Å². The summed E-state index contributed by atoms with van der Waals surface area (Å²) in [5.74, 6) is 0.479. The Morgan fingerprint density at radius 1 is 1.44 bits per heavy atom. The second-order valence-electron chi connectivity index (χ2n) is 2.77. The number of piperidine rings is 1. The van der Waals surface area contributed by atoms with Crippen molar-refractivity contribution in [3.63, 3.8) is 0 Å². The largest absolute Gasteiger partial charge is 0.304 e. The highest BCUT2D eigenvalue weighted by atomic mass is 15.1. The molecule has 1 heterocycles. The van der Waals surface area contributed by atoms with Gasteiger partial charge in [0.2, 0.25) is 0 Å². The fourth-order valence-corrected chi connectivity index (χ4v) is 1.27. The van der Waals surface area contributed by atoms with Gasteiger partial charge < -0.3 is 4.90 Å². The standard InChI is InChI=1S/C7H14BN/c1-2-9-5-3-7(8)4-6-9/h7H,2-6H2,1H3. The molecule has 0 N–H and O–H groups in total. The molecule has 0 aromatic carbocycles. The highest BCUT2D eigenvalue weighted by molar-refractivity contribution is 6.11. The quantitative estimate of drug-likeness (QED) is 0.471. The molecule has 1 saturated heterocycles. The lowest BCUT2D eigenvalue weighted by Gasteiger charge is -2.28. The molecule has 1 rings (SSSR count). The minimum absolute atomic E-state index is 0.479. The van der Waals surface area contributed by atoms with Gasteiger partial charge in [-0.25, -0.2) is 0 Å². The molecule has 0 bridgehead atoms. The Hall–Kier alpha value is 0.0249. The van der Waals surface area contributed by atoms with Crippen LogP contribution in [0.1, 0.15) is 19.8 Å². The molecule has 1 nitrogen and oxygen atoms in total. The Bertz CT molecular complexity index is 77.0.